The highest BCUT2D eigenvalue weighted by atomic mass is 35.5. The van der Waals surface area contributed by atoms with Crippen LogP contribution in [-0.2, 0) is 22.4 Å². The molecule has 0 radical (unpaired) electrons. The molecule has 0 saturated carbocycles. The molecule has 0 heterocycles. The van der Waals surface area contributed by atoms with Crippen LogP contribution in [0, 0.1) is 5.82 Å². The van der Waals surface area contributed by atoms with E-state index >= 15 is 0 Å². The standard InChI is InChI=1S/C25H20ClF4N3O4/c1-2-36-22-10-15(6-9-21(22)37-14-16-7-8-18(27)12-20(16)26)13-31-33-24(35)23(34)32-19-5-3-4-17(11-19)25(28,29)30/h3-13H,2,14H2,1H3,(H,32,34)(H,33,35)/b31-13+. The molecule has 0 aliphatic heterocycles. The summed E-state index contributed by atoms with van der Waals surface area (Å²) >= 11 is 6.02. The van der Waals surface area contributed by atoms with Gasteiger partial charge in [-0.25, -0.2) is 9.82 Å². The first-order valence-corrected chi connectivity index (χ1v) is 11.1. The highest BCUT2D eigenvalue weighted by Gasteiger charge is 2.30. The maximum Gasteiger partial charge on any atom is 0.416 e. The summed E-state index contributed by atoms with van der Waals surface area (Å²) in [7, 11) is 0. The lowest BCUT2D eigenvalue weighted by molar-refractivity contribution is -0.137. The second-order valence-electron chi connectivity index (χ2n) is 7.40. The van der Waals surface area contributed by atoms with Crippen molar-refractivity contribution in [3.63, 3.8) is 0 Å². The molecule has 0 bridgehead atoms. The van der Waals surface area contributed by atoms with Crippen LogP contribution in [0.2, 0.25) is 5.02 Å². The van der Waals surface area contributed by atoms with Crippen LogP contribution < -0.4 is 20.2 Å². The van der Waals surface area contributed by atoms with Crippen LogP contribution in [0.1, 0.15) is 23.6 Å². The average Bonchev–Trinajstić information content (AvgIpc) is 2.84. The Morgan fingerprint density at radius 3 is 2.49 bits per heavy atom. The minimum absolute atomic E-state index is 0.0592. The first-order valence-electron chi connectivity index (χ1n) is 10.7. The van der Waals surface area contributed by atoms with Gasteiger partial charge >= 0.3 is 18.0 Å². The Kier molecular flexibility index (Phi) is 9.07. The van der Waals surface area contributed by atoms with Crippen LogP contribution in [0.15, 0.2) is 65.8 Å². The zero-order valence-electron chi connectivity index (χ0n) is 19.2. The molecule has 3 aromatic rings. The molecular formula is C25H20ClF4N3O4. The minimum Gasteiger partial charge on any atom is -0.490 e. The van der Waals surface area contributed by atoms with Gasteiger partial charge in [-0.05, 0) is 61.0 Å². The van der Waals surface area contributed by atoms with E-state index in [1.807, 2.05) is 5.43 Å². The molecule has 37 heavy (non-hydrogen) atoms. The zero-order chi connectivity index (χ0) is 27.0. The molecule has 2 N–H and O–H groups in total. The molecule has 0 saturated heterocycles. The van der Waals surface area contributed by atoms with E-state index in [0.29, 0.717) is 35.3 Å². The molecule has 2 amide bonds. The number of hydrogen-bond acceptors (Lipinski definition) is 5. The van der Waals surface area contributed by atoms with Crippen LogP contribution in [-0.4, -0.2) is 24.6 Å². The van der Waals surface area contributed by atoms with Gasteiger partial charge in [0.25, 0.3) is 0 Å². The molecule has 0 unspecified atom stereocenters. The lowest BCUT2D eigenvalue weighted by Crippen LogP contribution is -2.32. The quantitative estimate of drug-likeness (QED) is 0.170. The summed E-state index contributed by atoms with van der Waals surface area (Å²) < 4.78 is 62.9. The van der Waals surface area contributed by atoms with Gasteiger partial charge in [0.2, 0.25) is 0 Å². The summed E-state index contributed by atoms with van der Waals surface area (Å²) in [5, 5.41) is 5.99. The highest BCUT2D eigenvalue weighted by molar-refractivity contribution is 6.39. The van der Waals surface area contributed by atoms with E-state index in [1.54, 1.807) is 25.1 Å². The largest absolute Gasteiger partial charge is 0.490 e. The fourth-order valence-electron chi connectivity index (χ4n) is 2.96. The second kappa shape index (κ2) is 12.2. The summed E-state index contributed by atoms with van der Waals surface area (Å²) in [6.07, 6.45) is -3.36. The van der Waals surface area contributed by atoms with Crippen molar-refractivity contribution in [1.82, 2.24) is 5.43 Å². The SMILES string of the molecule is CCOc1cc(/C=N/NC(=O)C(=O)Nc2cccc(C(F)(F)F)c2)ccc1OCc1ccc(F)cc1Cl. The number of halogens is 5. The topological polar surface area (TPSA) is 89.0 Å². The highest BCUT2D eigenvalue weighted by Crippen LogP contribution is 2.31. The van der Waals surface area contributed by atoms with Gasteiger partial charge in [0, 0.05) is 11.3 Å². The number of hydrazone groups is 1. The number of hydrogen-bond donors (Lipinski definition) is 2. The van der Waals surface area contributed by atoms with Gasteiger partial charge in [-0.3, -0.25) is 9.59 Å². The van der Waals surface area contributed by atoms with Gasteiger partial charge in [-0.2, -0.15) is 18.3 Å². The number of alkyl halides is 3. The second-order valence-corrected chi connectivity index (χ2v) is 7.80. The van der Waals surface area contributed by atoms with Crippen molar-refractivity contribution in [3.05, 3.63) is 88.2 Å². The van der Waals surface area contributed by atoms with E-state index in [9.17, 15) is 27.2 Å². The third kappa shape index (κ3) is 7.94. The third-order valence-electron chi connectivity index (χ3n) is 4.70. The summed E-state index contributed by atoms with van der Waals surface area (Å²) in [5.41, 5.74) is 1.88. The van der Waals surface area contributed by atoms with Crippen molar-refractivity contribution >= 4 is 35.3 Å². The summed E-state index contributed by atoms with van der Waals surface area (Å²) in [4.78, 5) is 24.0. The minimum atomic E-state index is -4.60. The Morgan fingerprint density at radius 1 is 1.00 bits per heavy atom. The summed E-state index contributed by atoms with van der Waals surface area (Å²) in [5.74, 6) is -2.11. The van der Waals surface area contributed by atoms with E-state index in [2.05, 4.69) is 10.4 Å². The molecule has 7 nitrogen and oxygen atoms in total. The molecule has 12 heteroatoms. The van der Waals surface area contributed by atoms with E-state index in [1.165, 1.54) is 30.5 Å². The van der Waals surface area contributed by atoms with E-state index in [0.717, 1.165) is 12.1 Å². The third-order valence-corrected chi connectivity index (χ3v) is 5.05. The van der Waals surface area contributed by atoms with Crippen LogP contribution in [0.5, 0.6) is 11.5 Å². The molecule has 0 aromatic heterocycles. The molecule has 0 spiro atoms. The van der Waals surface area contributed by atoms with Gasteiger partial charge in [0.05, 0.1) is 23.4 Å². The van der Waals surface area contributed by atoms with E-state index < -0.39 is 29.4 Å². The van der Waals surface area contributed by atoms with Crippen LogP contribution in [0.4, 0.5) is 23.2 Å². The number of nitrogens with zero attached hydrogens (tertiary/aromatic N) is 1. The first kappa shape index (κ1) is 27.5. The fourth-order valence-corrected chi connectivity index (χ4v) is 3.19. The molecular weight excluding hydrogens is 518 g/mol. The van der Waals surface area contributed by atoms with Gasteiger partial charge in [0.15, 0.2) is 11.5 Å². The predicted octanol–water partition coefficient (Wildman–Crippen LogP) is 5.56. The number of benzene rings is 3. The maximum absolute atomic E-state index is 13.2. The number of anilines is 1. The number of amides is 2. The number of carbonyl (C=O) groups is 2. The molecule has 0 fully saturated rings. The predicted molar refractivity (Wildman–Crippen MR) is 129 cm³/mol. The number of rotatable bonds is 8. The molecule has 0 aliphatic carbocycles. The lowest BCUT2D eigenvalue weighted by Gasteiger charge is -2.13. The van der Waals surface area contributed by atoms with Crippen molar-refractivity contribution in [2.24, 2.45) is 5.10 Å². The fraction of sp³-hybridized carbons (Fsp3) is 0.160. The van der Waals surface area contributed by atoms with Crippen LogP contribution >= 0.6 is 11.6 Å². The van der Waals surface area contributed by atoms with Gasteiger partial charge in [-0.15, -0.1) is 0 Å². The van der Waals surface area contributed by atoms with Crippen LogP contribution in [0.25, 0.3) is 0 Å². The Labute approximate surface area is 214 Å². The lowest BCUT2D eigenvalue weighted by atomic mass is 10.2. The Bertz CT molecular complexity index is 1320. The van der Waals surface area contributed by atoms with Crippen molar-refractivity contribution in [2.45, 2.75) is 19.7 Å². The number of ether oxygens (including phenoxy) is 2. The van der Waals surface area contributed by atoms with Gasteiger partial charge < -0.3 is 14.8 Å². The van der Waals surface area contributed by atoms with Crippen molar-refractivity contribution in [1.29, 1.82) is 0 Å². The molecule has 3 aromatic carbocycles. The Hall–Kier alpha value is -4.12. The van der Waals surface area contributed by atoms with Gasteiger partial charge in [0.1, 0.15) is 12.4 Å². The summed E-state index contributed by atoms with van der Waals surface area (Å²) in [6.45, 7) is 2.15. The average molecular weight is 538 g/mol. The molecule has 0 aliphatic rings. The Balaban J connectivity index is 1.61. The van der Waals surface area contributed by atoms with Crippen molar-refractivity contribution < 1.29 is 36.6 Å². The first-order chi connectivity index (χ1) is 17.6. The molecule has 0 atom stereocenters. The van der Waals surface area contributed by atoms with E-state index in [-0.39, 0.29) is 17.3 Å². The maximum atomic E-state index is 13.2. The van der Waals surface area contributed by atoms with Crippen molar-refractivity contribution in [2.75, 3.05) is 11.9 Å². The molecule has 3 rings (SSSR count). The van der Waals surface area contributed by atoms with E-state index in [4.69, 9.17) is 21.1 Å². The zero-order valence-corrected chi connectivity index (χ0v) is 20.0. The number of nitrogens with one attached hydrogen (secondary N) is 2. The normalized spacial score (nSPS) is 11.3. The smallest absolute Gasteiger partial charge is 0.416 e. The van der Waals surface area contributed by atoms with Crippen LogP contribution in [0.3, 0.4) is 0 Å². The van der Waals surface area contributed by atoms with Gasteiger partial charge in [-0.1, -0.05) is 23.7 Å². The molecule has 194 valence electrons. The monoisotopic (exact) mass is 537 g/mol. The van der Waals surface area contributed by atoms with Crippen molar-refractivity contribution in [3.8, 4) is 11.5 Å². The Morgan fingerprint density at radius 2 is 1.78 bits per heavy atom. The summed E-state index contributed by atoms with van der Waals surface area (Å²) in [6, 6.07) is 12.6. The number of carbonyl (C=O) groups excluding carboxylic acids is 2.